The van der Waals surface area contributed by atoms with Crippen LogP contribution in [0.5, 0.6) is 5.75 Å². The smallest absolute Gasteiger partial charge is 0.150 e. The third kappa shape index (κ3) is 1.71. The van der Waals surface area contributed by atoms with Crippen LogP contribution in [0.3, 0.4) is 0 Å². The molecule has 0 radical (unpaired) electrons. The number of carbonyl (C=O) groups is 2. The van der Waals surface area contributed by atoms with Gasteiger partial charge in [-0.25, -0.2) is 0 Å². The summed E-state index contributed by atoms with van der Waals surface area (Å²) >= 11 is 0. The molecule has 2 aliphatic rings. The maximum Gasteiger partial charge on any atom is 0.150 e. The number of ether oxygens (including phenoxy) is 1. The molecule has 3 nitrogen and oxygen atoms in total. The zero-order valence-corrected chi connectivity index (χ0v) is 11.3. The first kappa shape index (κ1) is 12.4. The molecule has 2 aliphatic carbocycles. The van der Waals surface area contributed by atoms with Crippen molar-refractivity contribution in [2.24, 2.45) is 11.3 Å². The molecule has 1 aromatic rings. The van der Waals surface area contributed by atoms with Crippen LogP contribution in [0, 0.1) is 11.3 Å². The summed E-state index contributed by atoms with van der Waals surface area (Å²) in [7, 11) is 1.64. The SMILES string of the molecule is COc1ccc([C@H]2CC[C@]3(C)C(=O)C[C@H]2C3=O)cc1. The van der Waals surface area contributed by atoms with E-state index in [2.05, 4.69) is 0 Å². The third-order valence-electron chi connectivity index (χ3n) is 4.89. The van der Waals surface area contributed by atoms with Gasteiger partial charge in [0.05, 0.1) is 12.5 Å². The lowest BCUT2D eigenvalue weighted by molar-refractivity contribution is -0.137. The largest absolute Gasteiger partial charge is 0.497 e. The van der Waals surface area contributed by atoms with Crippen molar-refractivity contribution in [1.29, 1.82) is 0 Å². The molecule has 0 spiro atoms. The van der Waals surface area contributed by atoms with Crippen molar-refractivity contribution >= 4 is 11.6 Å². The number of Topliss-reactive ketones (excluding diaryl/α,β-unsaturated/α-hetero) is 2. The quantitative estimate of drug-likeness (QED) is 0.766. The van der Waals surface area contributed by atoms with E-state index >= 15 is 0 Å². The van der Waals surface area contributed by atoms with E-state index in [-0.39, 0.29) is 23.4 Å². The molecule has 0 saturated heterocycles. The Morgan fingerprint density at radius 2 is 1.84 bits per heavy atom. The van der Waals surface area contributed by atoms with Crippen molar-refractivity contribution in [2.45, 2.75) is 32.1 Å². The van der Waals surface area contributed by atoms with Gasteiger partial charge in [-0.2, -0.15) is 0 Å². The highest BCUT2D eigenvalue weighted by molar-refractivity contribution is 6.14. The van der Waals surface area contributed by atoms with E-state index in [1.54, 1.807) is 7.11 Å². The molecule has 0 aliphatic heterocycles. The van der Waals surface area contributed by atoms with Gasteiger partial charge in [-0.15, -0.1) is 0 Å². The minimum Gasteiger partial charge on any atom is -0.497 e. The average molecular weight is 258 g/mol. The minimum atomic E-state index is -0.687. The molecular formula is C16H18O3. The van der Waals surface area contributed by atoms with Crippen molar-refractivity contribution in [3.05, 3.63) is 29.8 Å². The first-order chi connectivity index (χ1) is 9.06. The highest BCUT2D eigenvalue weighted by Gasteiger charge is 2.56. The van der Waals surface area contributed by atoms with Gasteiger partial charge in [-0.05, 0) is 43.4 Å². The van der Waals surface area contributed by atoms with Gasteiger partial charge < -0.3 is 4.74 Å². The number of carbonyl (C=O) groups excluding carboxylic acids is 2. The zero-order chi connectivity index (χ0) is 13.6. The summed E-state index contributed by atoms with van der Waals surface area (Å²) in [4.78, 5) is 24.4. The van der Waals surface area contributed by atoms with Crippen LogP contribution in [0.2, 0.25) is 0 Å². The fourth-order valence-electron chi connectivity index (χ4n) is 3.55. The van der Waals surface area contributed by atoms with Crippen molar-refractivity contribution in [1.82, 2.24) is 0 Å². The van der Waals surface area contributed by atoms with Crippen molar-refractivity contribution < 1.29 is 14.3 Å². The minimum absolute atomic E-state index is 0.111. The first-order valence-electron chi connectivity index (χ1n) is 6.78. The monoisotopic (exact) mass is 258 g/mol. The second kappa shape index (κ2) is 4.19. The molecule has 100 valence electrons. The van der Waals surface area contributed by atoms with Gasteiger partial charge >= 0.3 is 0 Å². The summed E-state index contributed by atoms with van der Waals surface area (Å²) in [6.45, 7) is 1.82. The standard InChI is InChI=1S/C16H18O3/c1-16-8-7-12(13(15(16)18)9-14(16)17)10-3-5-11(19-2)6-4-10/h3-6,12-13H,7-9H2,1-2H3/t12-,13-,16-/m1/s1. The highest BCUT2D eigenvalue weighted by Crippen LogP contribution is 2.51. The molecule has 3 atom stereocenters. The molecule has 2 bridgehead atoms. The number of fused-ring (bicyclic) bond motifs is 2. The van der Waals surface area contributed by atoms with Crippen LogP contribution < -0.4 is 4.74 Å². The summed E-state index contributed by atoms with van der Waals surface area (Å²) in [6.07, 6.45) is 2.04. The summed E-state index contributed by atoms with van der Waals surface area (Å²) in [5.74, 6) is 1.19. The lowest BCUT2D eigenvalue weighted by Crippen LogP contribution is -2.36. The maximum absolute atomic E-state index is 12.4. The van der Waals surface area contributed by atoms with Gasteiger partial charge in [0.25, 0.3) is 0 Å². The molecule has 0 unspecified atom stereocenters. The Bertz CT molecular complexity index is 531. The van der Waals surface area contributed by atoms with E-state index < -0.39 is 5.41 Å². The number of methoxy groups -OCH3 is 1. The molecule has 0 amide bonds. The zero-order valence-electron chi connectivity index (χ0n) is 11.3. The molecule has 0 N–H and O–H groups in total. The molecule has 0 aromatic heterocycles. The van der Waals surface area contributed by atoms with Gasteiger partial charge in [-0.1, -0.05) is 12.1 Å². The van der Waals surface area contributed by atoms with E-state index in [1.807, 2.05) is 31.2 Å². The van der Waals surface area contributed by atoms with Crippen LogP contribution in [0.4, 0.5) is 0 Å². The molecule has 0 heterocycles. The van der Waals surface area contributed by atoms with Gasteiger partial charge in [0, 0.05) is 12.3 Å². The summed E-state index contributed by atoms with van der Waals surface area (Å²) in [5, 5.41) is 0. The predicted molar refractivity (Wildman–Crippen MR) is 71.2 cm³/mol. The Kier molecular flexibility index (Phi) is 2.73. The third-order valence-corrected chi connectivity index (χ3v) is 4.89. The fraction of sp³-hybridized carbons (Fsp3) is 0.500. The number of hydrogen-bond acceptors (Lipinski definition) is 3. The maximum atomic E-state index is 12.4. The van der Waals surface area contributed by atoms with Crippen LogP contribution in [0.1, 0.15) is 37.7 Å². The van der Waals surface area contributed by atoms with Crippen LogP contribution >= 0.6 is 0 Å². The van der Waals surface area contributed by atoms with Gasteiger partial charge in [0.1, 0.15) is 17.3 Å². The van der Waals surface area contributed by atoms with Crippen LogP contribution in [-0.4, -0.2) is 18.7 Å². The van der Waals surface area contributed by atoms with Crippen LogP contribution in [0.15, 0.2) is 24.3 Å². The highest BCUT2D eigenvalue weighted by atomic mass is 16.5. The Morgan fingerprint density at radius 3 is 2.47 bits per heavy atom. The first-order valence-corrected chi connectivity index (χ1v) is 6.78. The lowest BCUT2D eigenvalue weighted by atomic mass is 9.69. The normalized spacial score (nSPS) is 33.6. The Balaban J connectivity index is 1.91. The van der Waals surface area contributed by atoms with Crippen molar-refractivity contribution in [2.75, 3.05) is 7.11 Å². The fourth-order valence-corrected chi connectivity index (χ4v) is 3.55. The number of hydrogen-bond donors (Lipinski definition) is 0. The molecule has 3 rings (SSSR count). The molecule has 1 aromatic carbocycles. The van der Waals surface area contributed by atoms with Crippen molar-refractivity contribution in [3.8, 4) is 5.75 Å². The predicted octanol–water partition coefficient (Wildman–Crippen LogP) is 2.74. The molecule has 2 saturated carbocycles. The van der Waals surface area contributed by atoms with E-state index in [4.69, 9.17) is 4.74 Å². The van der Waals surface area contributed by atoms with Crippen LogP contribution in [-0.2, 0) is 9.59 Å². The van der Waals surface area contributed by atoms with E-state index in [0.717, 1.165) is 17.7 Å². The van der Waals surface area contributed by atoms with E-state index in [9.17, 15) is 9.59 Å². The topological polar surface area (TPSA) is 43.4 Å². The van der Waals surface area contributed by atoms with Crippen molar-refractivity contribution in [3.63, 3.8) is 0 Å². The number of rotatable bonds is 2. The Hall–Kier alpha value is -1.64. The second-order valence-corrected chi connectivity index (χ2v) is 5.85. The molecular weight excluding hydrogens is 240 g/mol. The van der Waals surface area contributed by atoms with Gasteiger partial charge in [0.2, 0.25) is 0 Å². The number of ketones is 2. The van der Waals surface area contributed by atoms with Crippen LogP contribution in [0.25, 0.3) is 0 Å². The molecule has 19 heavy (non-hydrogen) atoms. The van der Waals surface area contributed by atoms with Gasteiger partial charge in [0.15, 0.2) is 0 Å². The Morgan fingerprint density at radius 1 is 1.16 bits per heavy atom. The Labute approximate surface area is 113 Å². The summed E-state index contributed by atoms with van der Waals surface area (Å²) < 4.78 is 5.15. The average Bonchev–Trinajstić information content (AvgIpc) is 2.58. The van der Waals surface area contributed by atoms with E-state index in [1.165, 1.54) is 0 Å². The lowest BCUT2D eigenvalue weighted by Gasteiger charge is -2.32. The summed E-state index contributed by atoms with van der Waals surface area (Å²) in [5.41, 5.74) is 0.462. The molecule has 2 fully saturated rings. The van der Waals surface area contributed by atoms with Gasteiger partial charge in [-0.3, -0.25) is 9.59 Å². The second-order valence-electron chi connectivity index (χ2n) is 5.85. The summed E-state index contributed by atoms with van der Waals surface area (Å²) in [6, 6.07) is 7.87. The molecule has 3 heteroatoms. The number of benzene rings is 1. The van der Waals surface area contributed by atoms with E-state index in [0.29, 0.717) is 12.8 Å².